The Morgan fingerprint density at radius 2 is 2.08 bits per heavy atom. The Hall–Kier alpha value is -1.04. The molecule has 0 spiro atoms. The second kappa shape index (κ2) is 4.10. The minimum atomic E-state index is -3.24. The lowest BCUT2D eigenvalue weighted by molar-refractivity contribution is -0.154. The zero-order chi connectivity index (χ0) is 9.78. The molecule has 0 fully saturated rings. The lowest BCUT2D eigenvalue weighted by Crippen LogP contribution is -2.39. The first-order valence-corrected chi connectivity index (χ1v) is 3.08. The summed E-state index contributed by atoms with van der Waals surface area (Å²) < 4.78 is 23.9. The van der Waals surface area contributed by atoms with Gasteiger partial charge < -0.3 is 15.0 Å². The van der Waals surface area contributed by atoms with Crippen molar-refractivity contribution in [2.24, 2.45) is 0 Å². The van der Waals surface area contributed by atoms with Gasteiger partial charge in [0.15, 0.2) is 0 Å². The van der Waals surface area contributed by atoms with Crippen molar-refractivity contribution in [1.82, 2.24) is 0 Å². The van der Waals surface area contributed by atoms with E-state index in [4.69, 9.17) is 10.2 Å². The summed E-state index contributed by atoms with van der Waals surface area (Å²) in [5.74, 6) is -1.57. The van der Waals surface area contributed by atoms with E-state index < -0.39 is 30.8 Å². The van der Waals surface area contributed by atoms with Gasteiger partial charge >= 0.3 is 5.97 Å². The van der Waals surface area contributed by atoms with Crippen LogP contribution in [0.25, 0.3) is 0 Å². The molecule has 0 amide bonds. The SMILES string of the molecule is O=CCC(O)(CC(=O)O)C(F)F. The molecule has 0 radical (unpaired) electrons. The highest BCUT2D eigenvalue weighted by atomic mass is 19.3. The fraction of sp³-hybridized carbons (Fsp3) is 0.667. The van der Waals surface area contributed by atoms with E-state index in [0.717, 1.165) is 0 Å². The molecule has 12 heavy (non-hydrogen) atoms. The lowest BCUT2D eigenvalue weighted by Gasteiger charge is -2.22. The fourth-order valence-electron chi connectivity index (χ4n) is 0.645. The van der Waals surface area contributed by atoms with Gasteiger partial charge in [0.25, 0.3) is 6.43 Å². The third kappa shape index (κ3) is 2.91. The standard InChI is InChI=1S/C6H8F2O4/c7-5(8)6(12,1-2-9)3-4(10)11/h2,5,12H,1,3H2,(H,10,11). The van der Waals surface area contributed by atoms with Gasteiger partial charge in [-0.3, -0.25) is 4.79 Å². The highest BCUT2D eigenvalue weighted by Crippen LogP contribution is 2.22. The summed E-state index contributed by atoms with van der Waals surface area (Å²) in [4.78, 5) is 19.8. The molecule has 0 aromatic heterocycles. The van der Waals surface area contributed by atoms with Crippen LogP contribution < -0.4 is 0 Å². The van der Waals surface area contributed by atoms with E-state index in [1.54, 1.807) is 0 Å². The molecule has 70 valence electrons. The Morgan fingerprint density at radius 1 is 1.58 bits per heavy atom. The van der Waals surface area contributed by atoms with Crippen LogP contribution >= 0.6 is 0 Å². The van der Waals surface area contributed by atoms with Crippen molar-refractivity contribution in [3.63, 3.8) is 0 Å². The number of aldehydes is 1. The number of halogens is 2. The zero-order valence-electron chi connectivity index (χ0n) is 6.04. The smallest absolute Gasteiger partial charge is 0.306 e. The number of aliphatic hydroxyl groups is 1. The van der Waals surface area contributed by atoms with Gasteiger partial charge in [0.1, 0.15) is 11.9 Å². The summed E-state index contributed by atoms with van der Waals surface area (Å²) in [7, 11) is 0. The Morgan fingerprint density at radius 3 is 2.33 bits per heavy atom. The first-order valence-electron chi connectivity index (χ1n) is 3.08. The van der Waals surface area contributed by atoms with E-state index in [1.807, 2.05) is 0 Å². The summed E-state index contributed by atoms with van der Waals surface area (Å²) in [6.07, 6.45) is -5.19. The van der Waals surface area contributed by atoms with Gasteiger partial charge in [-0.1, -0.05) is 0 Å². The molecule has 1 unspecified atom stereocenters. The maximum atomic E-state index is 12.0. The zero-order valence-corrected chi connectivity index (χ0v) is 6.04. The van der Waals surface area contributed by atoms with E-state index in [2.05, 4.69) is 0 Å². The fourth-order valence-corrected chi connectivity index (χ4v) is 0.645. The largest absolute Gasteiger partial charge is 0.481 e. The molecule has 6 heteroatoms. The molecule has 0 aliphatic rings. The second-order valence-electron chi connectivity index (χ2n) is 2.35. The van der Waals surface area contributed by atoms with Crippen molar-refractivity contribution in [2.45, 2.75) is 24.9 Å². The van der Waals surface area contributed by atoms with E-state index in [1.165, 1.54) is 0 Å². The number of carbonyl (C=O) groups is 2. The van der Waals surface area contributed by atoms with Gasteiger partial charge in [-0.05, 0) is 0 Å². The number of carbonyl (C=O) groups excluding carboxylic acids is 1. The van der Waals surface area contributed by atoms with Crippen LogP contribution in [0.5, 0.6) is 0 Å². The minimum Gasteiger partial charge on any atom is -0.481 e. The molecule has 0 aromatic rings. The summed E-state index contributed by atoms with van der Waals surface area (Å²) in [6.45, 7) is 0. The molecule has 2 N–H and O–H groups in total. The van der Waals surface area contributed by atoms with Crippen molar-refractivity contribution in [2.75, 3.05) is 0 Å². The molecule has 0 saturated carbocycles. The molecule has 0 rings (SSSR count). The number of aliphatic carboxylic acids is 1. The highest BCUT2D eigenvalue weighted by Gasteiger charge is 2.39. The second-order valence-corrected chi connectivity index (χ2v) is 2.35. The first-order chi connectivity index (χ1) is 5.42. The van der Waals surface area contributed by atoms with E-state index in [9.17, 15) is 18.4 Å². The molecule has 0 saturated heterocycles. The van der Waals surface area contributed by atoms with Gasteiger partial charge in [0, 0.05) is 6.42 Å². The minimum absolute atomic E-state index is 0.0646. The molecular weight excluding hydrogens is 174 g/mol. The Balaban J connectivity index is 4.37. The van der Waals surface area contributed by atoms with E-state index >= 15 is 0 Å². The van der Waals surface area contributed by atoms with Crippen LogP contribution in [-0.2, 0) is 9.59 Å². The van der Waals surface area contributed by atoms with Gasteiger partial charge in [-0.15, -0.1) is 0 Å². The van der Waals surface area contributed by atoms with Crippen LogP contribution in [0.1, 0.15) is 12.8 Å². The number of carboxylic acid groups (broad SMARTS) is 1. The molecule has 0 aliphatic heterocycles. The van der Waals surface area contributed by atoms with Crippen molar-refractivity contribution in [1.29, 1.82) is 0 Å². The van der Waals surface area contributed by atoms with Crippen LogP contribution in [0, 0.1) is 0 Å². The Labute approximate surface area is 66.8 Å². The molecule has 0 aromatic carbocycles. The number of alkyl halides is 2. The van der Waals surface area contributed by atoms with Crippen LogP contribution in [-0.4, -0.2) is 34.5 Å². The summed E-state index contributed by atoms with van der Waals surface area (Å²) in [5, 5.41) is 17.0. The molecule has 4 nitrogen and oxygen atoms in total. The van der Waals surface area contributed by atoms with Crippen molar-refractivity contribution in [3.05, 3.63) is 0 Å². The van der Waals surface area contributed by atoms with Crippen molar-refractivity contribution in [3.8, 4) is 0 Å². The van der Waals surface area contributed by atoms with Crippen LogP contribution in [0.2, 0.25) is 0 Å². The number of hydrogen-bond acceptors (Lipinski definition) is 3. The maximum Gasteiger partial charge on any atom is 0.306 e. The molecular formula is C6H8F2O4. The summed E-state index contributed by atoms with van der Waals surface area (Å²) in [6, 6.07) is 0. The van der Waals surface area contributed by atoms with Gasteiger partial charge in [-0.25, -0.2) is 8.78 Å². The topological polar surface area (TPSA) is 74.6 Å². The monoisotopic (exact) mass is 182 g/mol. The summed E-state index contributed by atoms with van der Waals surface area (Å²) in [5.41, 5.74) is -2.73. The van der Waals surface area contributed by atoms with Crippen molar-refractivity contribution < 1.29 is 28.6 Å². The average Bonchev–Trinajstić information content (AvgIpc) is 1.85. The highest BCUT2D eigenvalue weighted by molar-refractivity contribution is 5.69. The first kappa shape index (κ1) is 11.0. The number of rotatable bonds is 5. The Bertz CT molecular complexity index is 182. The van der Waals surface area contributed by atoms with Crippen LogP contribution in [0.4, 0.5) is 8.78 Å². The average molecular weight is 182 g/mol. The van der Waals surface area contributed by atoms with Crippen molar-refractivity contribution >= 4 is 12.3 Å². The molecule has 0 heterocycles. The number of carboxylic acids is 1. The molecule has 0 bridgehead atoms. The van der Waals surface area contributed by atoms with E-state index in [0.29, 0.717) is 0 Å². The maximum absolute atomic E-state index is 12.0. The van der Waals surface area contributed by atoms with Gasteiger partial charge in [0.05, 0.1) is 6.42 Å². The quantitative estimate of drug-likeness (QED) is 0.589. The summed E-state index contributed by atoms with van der Waals surface area (Å²) >= 11 is 0. The van der Waals surface area contributed by atoms with Gasteiger partial charge in [-0.2, -0.15) is 0 Å². The third-order valence-corrected chi connectivity index (χ3v) is 1.30. The molecule has 0 aliphatic carbocycles. The third-order valence-electron chi connectivity index (χ3n) is 1.30. The number of hydrogen-bond donors (Lipinski definition) is 2. The van der Waals surface area contributed by atoms with Crippen LogP contribution in [0.3, 0.4) is 0 Å². The van der Waals surface area contributed by atoms with Gasteiger partial charge in [0.2, 0.25) is 0 Å². The predicted octanol–water partition coefficient (Wildman–Crippen LogP) is 0.0463. The normalized spacial score (nSPS) is 15.7. The van der Waals surface area contributed by atoms with Crippen LogP contribution in [0.15, 0.2) is 0 Å². The lowest BCUT2D eigenvalue weighted by atomic mass is 9.97. The predicted molar refractivity (Wildman–Crippen MR) is 33.9 cm³/mol. The Kier molecular flexibility index (Phi) is 3.75. The molecule has 1 atom stereocenters. The van der Waals surface area contributed by atoms with E-state index in [-0.39, 0.29) is 6.29 Å².